The van der Waals surface area contributed by atoms with Crippen molar-refractivity contribution >= 4 is 0 Å². The number of hydrogen-bond acceptors (Lipinski definition) is 3. The molecule has 2 rings (SSSR count). The molecular weight excluding hydrogens is 178 g/mol. The Kier molecular flexibility index (Phi) is 2.11. The molecule has 76 valence electrons. The molecule has 14 heavy (non-hydrogen) atoms. The Morgan fingerprint density at radius 2 is 2.00 bits per heavy atom. The second-order valence-corrected chi connectivity index (χ2v) is 3.75. The second-order valence-electron chi connectivity index (χ2n) is 3.75. The molecule has 0 bridgehead atoms. The molecule has 0 saturated carbocycles. The summed E-state index contributed by atoms with van der Waals surface area (Å²) in [5, 5.41) is 3.32. The second kappa shape index (κ2) is 3.17. The van der Waals surface area contributed by atoms with E-state index in [0.29, 0.717) is 0 Å². The van der Waals surface area contributed by atoms with Crippen molar-refractivity contribution in [2.75, 3.05) is 20.8 Å². The van der Waals surface area contributed by atoms with Crippen molar-refractivity contribution in [1.29, 1.82) is 0 Å². The topological polar surface area (TPSA) is 40.4 Å². The van der Waals surface area contributed by atoms with Crippen molar-refractivity contribution in [1.82, 2.24) is 5.32 Å². The van der Waals surface area contributed by atoms with E-state index < -0.39 is 0 Å². The minimum atomic E-state index is 0.0949. The summed E-state index contributed by atoms with van der Waals surface area (Å²) in [5.74, 6) is 1.71. The monoisotopic (exact) mass is 193 g/mol. The van der Waals surface area contributed by atoms with Crippen LogP contribution >= 0.6 is 0 Å². The molecule has 0 amide bonds. The molecule has 3 nitrogen and oxygen atoms in total. The molecule has 1 aromatic carbocycles. The van der Waals surface area contributed by atoms with Crippen molar-refractivity contribution < 1.29 is 9.47 Å². The Balaban J connectivity index is 2.40. The van der Waals surface area contributed by atoms with Gasteiger partial charge in [0.2, 0.25) is 0 Å². The fourth-order valence-corrected chi connectivity index (χ4v) is 1.58. The predicted octanol–water partition coefficient (Wildman–Crippen LogP) is 1.52. The Hall–Kier alpha value is -1.22. The lowest BCUT2D eigenvalue weighted by Gasteiger charge is -2.13. The van der Waals surface area contributed by atoms with E-state index in [1.54, 1.807) is 14.2 Å². The molecule has 1 aliphatic rings. The third-order valence-electron chi connectivity index (χ3n) is 2.71. The van der Waals surface area contributed by atoms with Crippen LogP contribution in [0.15, 0.2) is 18.2 Å². The number of benzene rings is 1. The lowest BCUT2D eigenvalue weighted by Crippen LogP contribution is -2.08. The quantitative estimate of drug-likeness (QED) is 0.740. The molecule has 3 heteroatoms. The lowest BCUT2D eigenvalue weighted by atomic mass is 10.0. The highest BCUT2D eigenvalue weighted by atomic mass is 16.5. The van der Waals surface area contributed by atoms with E-state index in [-0.39, 0.29) is 5.54 Å². The van der Waals surface area contributed by atoms with Crippen LogP contribution in [0.3, 0.4) is 0 Å². The zero-order valence-corrected chi connectivity index (χ0v) is 8.76. The standard InChI is InChI=1S/C11H15NO2/c1-11(7-12-11)9-5-4-8(13-2)6-10(9)14-3/h4-6,12H,7H2,1-3H3. The zero-order valence-electron chi connectivity index (χ0n) is 8.76. The molecule has 1 N–H and O–H groups in total. The van der Waals surface area contributed by atoms with Crippen LogP contribution in [0.5, 0.6) is 11.5 Å². The van der Waals surface area contributed by atoms with Gasteiger partial charge >= 0.3 is 0 Å². The summed E-state index contributed by atoms with van der Waals surface area (Å²) < 4.78 is 10.5. The molecule has 0 radical (unpaired) electrons. The van der Waals surface area contributed by atoms with Gasteiger partial charge in [0, 0.05) is 18.2 Å². The maximum atomic E-state index is 5.33. The number of rotatable bonds is 3. The first kappa shape index (κ1) is 9.34. The third-order valence-corrected chi connectivity index (χ3v) is 2.71. The van der Waals surface area contributed by atoms with Crippen LogP contribution in [0.25, 0.3) is 0 Å². The molecule has 1 aliphatic heterocycles. The Bertz CT molecular complexity index is 345. The average molecular weight is 193 g/mol. The van der Waals surface area contributed by atoms with Gasteiger partial charge in [-0.2, -0.15) is 0 Å². The molecule has 1 fully saturated rings. The molecule has 0 aromatic heterocycles. The summed E-state index contributed by atoms with van der Waals surface area (Å²) in [6, 6.07) is 5.93. The summed E-state index contributed by atoms with van der Waals surface area (Å²) in [4.78, 5) is 0. The predicted molar refractivity (Wildman–Crippen MR) is 54.9 cm³/mol. The van der Waals surface area contributed by atoms with Crippen molar-refractivity contribution in [3.05, 3.63) is 23.8 Å². The Morgan fingerprint density at radius 3 is 2.50 bits per heavy atom. The lowest BCUT2D eigenvalue weighted by molar-refractivity contribution is 0.388. The molecule has 0 spiro atoms. The SMILES string of the molecule is COc1ccc(C2(C)CN2)c(OC)c1. The van der Waals surface area contributed by atoms with E-state index in [9.17, 15) is 0 Å². The van der Waals surface area contributed by atoms with Crippen LogP contribution < -0.4 is 14.8 Å². The average Bonchev–Trinajstić information content (AvgIpc) is 2.96. The Morgan fingerprint density at radius 1 is 1.29 bits per heavy atom. The fourth-order valence-electron chi connectivity index (χ4n) is 1.58. The molecular formula is C11H15NO2. The van der Waals surface area contributed by atoms with Crippen LogP contribution in [0, 0.1) is 0 Å². The van der Waals surface area contributed by atoms with Crippen LogP contribution in [0.2, 0.25) is 0 Å². The van der Waals surface area contributed by atoms with Gasteiger partial charge in [0.1, 0.15) is 11.5 Å². The molecule has 1 atom stereocenters. The van der Waals surface area contributed by atoms with Gasteiger partial charge in [0.15, 0.2) is 0 Å². The summed E-state index contributed by atoms with van der Waals surface area (Å²) in [5.41, 5.74) is 1.29. The maximum Gasteiger partial charge on any atom is 0.127 e. The van der Waals surface area contributed by atoms with E-state index >= 15 is 0 Å². The van der Waals surface area contributed by atoms with Crippen LogP contribution in [0.1, 0.15) is 12.5 Å². The largest absolute Gasteiger partial charge is 0.497 e. The van der Waals surface area contributed by atoms with Crippen molar-refractivity contribution in [3.63, 3.8) is 0 Å². The summed E-state index contributed by atoms with van der Waals surface area (Å²) in [6.07, 6.45) is 0. The maximum absolute atomic E-state index is 5.33. The molecule has 1 unspecified atom stereocenters. The van der Waals surface area contributed by atoms with E-state index in [1.807, 2.05) is 12.1 Å². The van der Waals surface area contributed by atoms with E-state index in [1.165, 1.54) is 5.56 Å². The third kappa shape index (κ3) is 1.44. The first-order chi connectivity index (χ1) is 6.69. The van der Waals surface area contributed by atoms with E-state index in [4.69, 9.17) is 9.47 Å². The van der Waals surface area contributed by atoms with Gasteiger partial charge in [-0.15, -0.1) is 0 Å². The van der Waals surface area contributed by atoms with Gasteiger partial charge in [0.25, 0.3) is 0 Å². The van der Waals surface area contributed by atoms with Gasteiger partial charge in [-0.3, -0.25) is 0 Å². The molecule has 1 saturated heterocycles. The number of methoxy groups -OCH3 is 2. The van der Waals surface area contributed by atoms with Gasteiger partial charge < -0.3 is 14.8 Å². The summed E-state index contributed by atoms with van der Waals surface area (Å²) in [6.45, 7) is 3.17. The first-order valence-electron chi connectivity index (χ1n) is 4.67. The number of ether oxygens (including phenoxy) is 2. The normalized spacial score (nSPS) is 24.5. The Labute approximate surface area is 84.0 Å². The van der Waals surface area contributed by atoms with Crippen LogP contribution in [-0.2, 0) is 5.54 Å². The van der Waals surface area contributed by atoms with Crippen molar-refractivity contribution in [2.45, 2.75) is 12.5 Å². The minimum absolute atomic E-state index is 0.0949. The van der Waals surface area contributed by atoms with Crippen molar-refractivity contribution in [3.8, 4) is 11.5 Å². The molecule has 1 heterocycles. The van der Waals surface area contributed by atoms with Crippen molar-refractivity contribution in [2.24, 2.45) is 0 Å². The van der Waals surface area contributed by atoms with Gasteiger partial charge in [-0.1, -0.05) is 0 Å². The fraction of sp³-hybridized carbons (Fsp3) is 0.455. The molecule has 0 aliphatic carbocycles. The number of hydrogen-bond donors (Lipinski definition) is 1. The van der Waals surface area contributed by atoms with E-state index in [0.717, 1.165) is 18.0 Å². The first-order valence-corrected chi connectivity index (χ1v) is 4.67. The van der Waals surface area contributed by atoms with Gasteiger partial charge in [-0.05, 0) is 19.1 Å². The van der Waals surface area contributed by atoms with Gasteiger partial charge in [-0.25, -0.2) is 0 Å². The summed E-state index contributed by atoms with van der Waals surface area (Å²) >= 11 is 0. The summed E-state index contributed by atoms with van der Waals surface area (Å²) in [7, 11) is 3.34. The highest BCUT2D eigenvalue weighted by Crippen LogP contribution is 2.38. The highest BCUT2D eigenvalue weighted by Gasteiger charge is 2.40. The molecule has 1 aromatic rings. The van der Waals surface area contributed by atoms with Crippen LogP contribution in [0.4, 0.5) is 0 Å². The van der Waals surface area contributed by atoms with Gasteiger partial charge in [0.05, 0.1) is 19.8 Å². The zero-order chi connectivity index (χ0) is 10.2. The minimum Gasteiger partial charge on any atom is -0.497 e. The smallest absolute Gasteiger partial charge is 0.127 e. The number of nitrogens with one attached hydrogen (secondary N) is 1. The van der Waals surface area contributed by atoms with Crippen LogP contribution in [-0.4, -0.2) is 20.8 Å². The highest BCUT2D eigenvalue weighted by molar-refractivity contribution is 5.46. The van der Waals surface area contributed by atoms with E-state index in [2.05, 4.69) is 18.3 Å².